The fourth-order valence-corrected chi connectivity index (χ4v) is 3.45. The predicted octanol–water partition coefficient (Wildman–Crippen LogP) is 4.15. The molecule has 94 valence electrons. The smallest absolute Gasteiger partial charge is 0.0175 e. The summed E-state index contributed by atoms with van der Waals surface area (Å²) >= 11 is 3.46. The van der Waals surface area contributed by atoms with E-state index in [0.717, 1.165) is 10.9 Å². The Bertz CT molecular complexity index is 369. The quantitative estimate of drug-likeness (QED) is 0.891. The van der Waals surface area contributed by atoms with Gasteiger partial charge in [-0.25, -0.2) is 0 Å². The van der Waals surface area contributed by atoms with Crippen molar-refractivity contribution in [2.75, 3.05) is 0 Å². The Morgan fingerprint density at radius 1 is 1.35 bits per heavy atom. The summed E-state index contributed by atoms with van der Waals surface area (Å²) in [6.07, 6.45) is 4.96. The van der Waals surface area contributed by atoms with Gasteiger partial charge >= 0.3 is 0 Å². The minimum Gasteiger partial charge on any atom is -0.327 e. The Morgan fingerprint density at radius 3 is 2.53 bits per heavy atom. The van der Waals surface area contributed by atoms with E-state index in [9.17, 15) is 0 Å². The van der Waals surface area contributed by atoms with Crippen LogP contribution in [0.3, 0.4) is 0 Å². The van der Waals surface area contributed by atoms with Crippen LogP contribution in [0.1, 0.15) is 38.7 Å². The molecule has 1 fully saturated rings. The zero-order valence-corrected chi connectivity index (χ0v) is 12.3. The maximum absolute atomic E-state index is 6.41. The predicted molar refractivity (Wildman–Crippen MR) is 76.9 cm³/mol. The summed E-state index contributed by atoms with van der Waals surface area (Å²) in [5.41, 5.74) is 8.19. The standard InChI is InChI=1S/C15H22BrN/c1-15(2)9-3-4-13(15)14(17)10-11-5-7-12(16)8-6-11/h5-8,13-14H,3-4,9-10,17H2,1-2H3. The normalized spacial score (nSPS) is 24.8. The molecule has 0 radical (unpaired) electrons. The van der Waals surface area contributed by atoms with Gasteiger partial charge in [-0.1, -0.05) is 48.3 Å². The number of rotatable bonds is 3. The van der Waals surface area contributed by atoms with Crippen LogP contribution in [0.2, 0.25) is 0 Å². The highest BCUT2D eigenvalue weighted by atomic mass is 79.9. The van der Waals surface area contributed by atoms with Gasteiger partial charge in [-0.3, -0.25) is 0 Å². The van der Waals surface area contributed by atoms with Crippen LogP contribution in [0.15, 0.2) is 28.7 Å². The summed E-state index contributed by atoms with van der Waals surface area (Å²) in [4.78, 5) is 0. The fourth-order valence-electron chi connectivity index (χ4n) is 3.18. The first kappa shape index (κ1) is 13.1. The van der Waals surface area contributed by atoms with Crippen molar-refractivity contribution in [3.8, 4) is 0 Å². The molecule has 0 aliphatic heterocycles. The van der Waals surface area contributed by atoms with E-state index in [1.807, 2.05) is 0 Å². The van der Waals surface area contributed by atoms with E-state index in [1.165, 1.54) is 24.8 Å². The molecule has 2 N–H and O–H groups in total. The Morgan fingerprint density at radius 2 is 2.00 bits per heavy atom. The van der Waals surface area contributed by atoms with E-state index in [-0.39, 0.29) is 0 Å². The topological polar surface area (TPSA) is 26.0 Å². The first-order valence-corrected chi connectivity index (χ1v) is 7.28. The molecule has 0 aromatic heterocycles. The van der Waals surface area contributed by atoms with Crippen LogP contribution in [0.4, 0.5) is 0 Å². The van der Waals surface area contributed by atoms with Gasteiger partial charge in [0.15, 0.2) is 0 Å². The number of nitrogens with two attached hydrogens (primary N) is 1. The van der Waals surface area contributed by atoms with Gasteiger partial charge in [-0.05, 0) is 48.3 Å². The van der Waals surface area contributed by atoms with E-state index in [1.54, 1.807) is 0 Å². The third-order valence-corrected chi connectivity index (χ3v) is 4.77. The Hall–Kier alpha value is -0.340. The summed E-state index contributed by atoms with van der Waals surface area (Å²) in [7, 11) is 0. The Balaban J connectivity index is 2.01. The molecule has 1 saturated carbocycles. The van der Waals surface area contributed by atoms with Gasteiger partial charge in [0.1, 0.15) is 0 Å². The van der Waals surface area contributed by atoms with E-state index in [4.69, 9.17) is 5.73 Å². The highest BCUT2D eigenvalue weighted by Gasteiger charge is 2.37. The lowest BCUT2D eigenvalue weighted by atomic mass is 9.76. The second-order valence-electron chi connectivity index (χ2n) is 5.98. The minimum atomic E-state index is 0.300. The molecule has 1 aliphatic carbocycles. The monoisotopic (exact) mass is 295 g/mol. The van der Waals surface area contributed by atoms with Gasteiger partial charge in [0, 0.05) is 10.5 Å². The van der Waals surface area contributed by atoms with Gasteiger partial charge in [-0.2, -0.15) is 0 Å². The van der Waals surface area contributed by atoms with E-state index in [0.29, 0.717) is 17.4 Å². The lowest BCUT2D eigenvalue weighted by Crippen LogP contribution is -2.38. The molecule has 2 unspecified atom stereocenters. The first-order chi connectivity index (χ1) is 7.99. The molecular weight excluding hydrogens is 274 g/mol. The molecule has 17 heavy (non-hydrogen) atoms. The zero-order chi connectivity index (χ0) is 12.5. The molecule has 0 bridgehead atoms. The van der Waals surface area contributed by atoms with Gasteiger partial charge < -0.3 is 5.73 Å². The van der Waals surface area contributed by atoms with Gasteiger partial charge in [-0.15, -0.1) is 0 Å². The molecule has 2 rings (SSSR count). The van der Waals surface area contributed by atoms with Crippen LogP contribution in [-0.4, -0.2) is 6.04 Å². The summed E-state index contributed by atoms with van der Waals surface area (Å²) in [6.45, 7) is 4.73. The summed E-state index contributed by atoms with van der Waals surface area (Å²) in [5, 5.41) is 0. The minimum absolute atomic E-state index is 0.300. The third kappa shape index (κ3) is 3.11. The van der Waals surface area contributed by atoms with Crippen molar-refractivity contribution < 1.29 is 0 Å². The molecule has 0 saturated heterocycles. The molecule has 2 atom stereocenters. The zero-order valence-electron chi connectivity index (χ0n) is 10.7. The second-order valence-corrected chi connectivity index (χ2v) is 6.90. The third-order valence-electron chi connectivity index (χ3n) is 4.24. The molecule has 2 heteroatoms. The molecule has 1 nitrogen and oxygen atoms in total. The van der Waals surface area contributed by atoms with Crippen molar-refractivity contribution >= 4 is 15.9 Å². The maximum atomic E-state index is 6.41. The SMILES string of the molecule is CC1(C)CCCC1C(N)Cc1ccc(Br)cc1. The van der Waals surface area contributed by atoms with Crippen LogP contribution in [-0.2, 0) is 6.42 Å². The van der Waals surface area contributed by atoms with E-state index in [2.05, 4.69) is 54.0 Å². The van der Waals surface area contributed by atoms with Crippen molar-refractivity contribution in [2.24, 2.45) is 17.1 Å². The highest BCUT2D eigenvalue weighted by molar-refractivity contribution is 9.10. The van der Waals surface area contributed by atoms with Crippen LogP contribution in [0.25, 0.3) is 0 Å². The average Bonchev–Trinajstić information content (AvgIpc) is 2.61. The number of hydrogen-bond acceptors (Lipinski definition) is 1. The highest BCUT2D eigenvalue weighted by Crippen LogP contribution is 2.44. The number of benzene rings is 1. The second kappa shape index (κ2) is 5.11. The van der Waals surface area contributed by atoms with Crippen LogP contribution in [0, 0.1) is 11.3 Å². The van der Waals surface area contributed by atoms with E-state index >= 15 is 0 Å². The van der Waals surface area contributed by atoms with Gasteiger partial charge in [0.25, 0.3) is 0 Å². The lowest BCUT2D eigenvalue weighted by Gasteiger charge is -2.32. The van der Waals surface area contributed by atoms with Gasteiger partial charge in [0.05, 0.1) is 0 Å². The Labute approximate surface area is 113 Å². The van der Waals surface area contributed by atoms with Crippen LogP contribution in [0.5, 0.6) is 0 Å². The van der Waals surface area contributed by atoms with Crippen molar-refractivity contribution in [1.29, 1.82) is 0 Å². The van der Waals surface area contributed by atoms with Crippen LogP contribution < -0.4 is 5.73 Å². The lowest BCUT2D eigenvalue weighted by molar-refractivity contribution is 0.220. The van der Waals surface area contributed by atoms with Gasteiger partial charge in [0.2, 0.25) is 0 Å². The largest absolute Gasteiger partial charge is 0.327 e. The molecule has 1 aliphatic rings. The molecular formula is C15H22BrN. The molecule has 0 amide bonds. The summed E-state index contributed by atoms with van der Waals surface area (Å²) in [6, 6.07) is 8.84. The van der Waals surface area contributed by atoms with Crippen molar-refractivity contribution in [3.63, 3.8) is 0 Å². The first-order valence-electron chi connectivity index (χ1n) is 6.49. The molecule has 1 aromatic carbocycles. The Kier molecular flexibility index (Phi) is 3.94. The fraction of sp³-hybridized carbons (Fsp3) is 0.600. The average molecular weight is 296 g/mol. The van der Waals surface area contributed by atoms with Crippen LogP contribution >= 0.6 is 15.9 Å². The molecule has 0 spiro atoms. The molecule has 0 heterocycles. The van der Waals surface area contributed by atoms with Crippen molar-refractivity contribution in [1.82, 2.24) is 0 Å². The van der Waals surface area contributed by atoms with E-state index < -0.39 is 0 Å². The summed E-state index contributed by atoms with van der Waals surface area (Å²) < 4.78 is 1.14. The summed E-state index contributed by atoms with van der Waals surface area (Å²) in [5.74, 6) is 0.672. The van der Waals surface area contributed by atoms with Crippen molar-refractivity contribution in [2.45, 2.75) is 45.6 Å². The number of halogens is 1. The molecule has 1 aromatic rings. The number of hydrogen-bond donors (Lipinski definition) is 1. The maximum Gasteiger partial charge on any atom is 0.0175 e. The van der Waals surface area contributed by atoms with Crippen molar-refractivity contribution in [3.05, 3.63) is 34.3 Å².